The molecule has 0 radical (unpaired) electrons. The number of halogens is 1. The molecule has 2 bridgehead atoms. The highest BCUT2D eigenvalue weighted by molar-refractivity contribution is 9.10. The Morgan fingerprint density at radius 2 is 2.15 bits per heavy atom. The fourth-order valence-electron chi connectivity index (χ4n) is 4.13. The topological polar surface area (TPSA) is 60.9 Å². The molecular weight excluding hydrogens is 318 g/mol. The number of carbonyl (C=O) groups excluding carboxylic acids is 1. The van der Waals surface area contributed by atoms with Gasteiger partial charge in [0, 0.05) is 24.9 Å². The minimum absolute atomic E-state index is 0.0705. The van der Waals surface area contributed by atoms with Crippen molar-refractivity contribution in [1.29, 1.82) is 0 Å². The Kier molecular flexibility index (Phi) is 3.75. The van der Waals surface area contributed by atoms with Crippen LogP contribution in [0, 0.1) is 24.7 Å². The molecule has 3 rings (SSSR count). The maximum Gasteiger partial charge on any atom is 0.143 e. The van der Waals surface area contributed by atoms with Gasteiger partial charge in [-0.25, -0.2) is 0 Å². The van der Waals surface area contributed by atoms with Crippen LogP contribution in [-0.2, 0) is 17.8 Å². The minimum atomic E-state index is 0.0705. The van der Waals surface area contributed by atoms with Crippen LogP contribution in [0.15, 0.2) is 4.47 Å². The highest BCUT2D eigenvalue weighted by atomic mass is 79.9. The van der Waals surface area contributed by atoms with E-state index in [2.05, 4.69) is 28.0 Å². The van der Waals surface area contributed by atoms with Gasteiger partial charge in [-0.1, -0.05) is 0 Å². The van der Waals surface area contributed by atoms with Crippen LogP contribution in [0.1, 0.15) is 37.6 Å². The Bertz CT molecular complexity index is 537. The molecule has 1 aromatic rings. The lowest BCUT2D eigenvalue weighted by molar-refractivity contribution is -0.124. The van der Waals surface area contributed by atoms with Gasteiger partial charge in [-0.15, -0.1) is 0 Å². The van der Waals surface area contributed by atoms with Gasteiger partial charge in [0.05, 0.1) is 15.9 Å². The van der Waals surface area contributed by atoms with Gasteiger partial charge in [-0.05, 0) is 60.9 Å². The molecule has 0 aromatic carbocycles. The lowest BCUT2D eigenvalue weighted by Crippen LogP contribution is -2.41. The van der Waals surface area contributed by atoms with E-state index in [1.54, 1.807) is 0 Å². The summed E-state index contributed by atoms with van der Waals surface area (Å²) in [6.07, 6.45) is 4.01. The molecule has 4 nitrogen and oxygen atoms in total. The van der Waals surface area contributed by atoms with E-state index in [0.717, 1.165) is 28.8 Å². The standard InChI is InChI=1S/C15H22BrN3O/c1-3-19-11(14(16)8(2)18-19)7-12(20)13-9-4-5-10(6-9)15(13)17/h9-10,13,15H,3-7,17H2,1-2H3. The Morgan fingerprint density at radius 3 is 2.75 bits per heavy atom. The second kappa shape index (κ2) is 5.26. The summed E-state index contributed by atoms with van der Waals surface area (Å²) >= 11 is 3.57. The molecule has 2 aliphatic carbocycles. The molecule has 1 aromatic heterocycles. The third-order valence-corrected chi connectivity index (χ3v) is 6.18. The van der Waals surface area contributed by atoms with Gasteiger partial charge in [0.15, 0.2) is 0 Å². The first-order valence-corrected chi connectivity index (χ1v) is 8.32. The maximum atomic E-state index is 12.7. The van der Waals surface area contributed by atoms with Crippen molar-refractivity contribution in [2.45, 2.75) is 52.1 Å². The molecule has 2 aliphatic rings. The van der Waals surface area contributed by atoms with Gasteiger partial charge in [-0.2, -0.15) is 5.10 Å². The molecule has 2 fully saturated rings. The second-order valence-electron chi connectivity index (χ2n) is 6.24. The summed E-state index contributed by atoms with van der Waals surface area (Å²) in [6.45, 7) is 4.81. The highest BCUT2D eigenvalue weighted by Gasteiger charge is 2.48. The SMILES string of the molecule is CCn1nc(C)c(Br)c1CC(=O)C1C2CCC(C2)C1N. The summed E-state index contributed by atoms with van der Waals surface area (Å²) in [5.41, 5.74) is 8.23. The Morgan fingerprint density at radius 1 is 1.45 bits per heavy atom. The number of aromatic nitrogens is 2. The van der Waals surface area contributed by atoms with Crippen molar-refractivity contribution >= 4 is 21.7 Å². The first kappa shape index (κ1) is 14.3. The van der Waals surface area contributed by atoms with Crippen LogP contribution in [0.3, 0.4) is 0 Å². The average Bonchev–Trinajstić information content (AvgIpc) is 3.07. The lowest BCUT2D eigenvalue weighted by Gasteiger charge is -2.27. The van der Waals surface area contributed by atoms with Crippen LogP contribution in [0.2, 0.25) is 0 Å². The molecule has 1 heterocycles. The summed E-state index contributed by atoms with van der Waals surface area (Å²) in [4.78, 5) is 12.7. The smallest absolute Gasteiger partial charge is 0.143 e. The van der Waals surface area contributed by atoms with Gasteiger partial charge < -0.3 is 5.73 Å². The van der Waals surface area contributed by atoms with Crippen molar-refractivity contribution in [2.75, 3.05) is 0 Å². The highest BCUT2D eigenvalue weighted by Crippen LogP contribution is 2.48. The largest absolute Gasteiger partial charge is 0.327 e. The molecular formula is C15H22BrN3O. The second-order valence-corrected chi connectivity index (χ2v) is 7.03. The number of rotatable bonds is 4. The number of fused-ring (bicyclic) bond motifs is 2. The van der Waals surface area contributed by atoms with Crippen molar-refractivity contribution in [3.63, 3.8) is 0 Å². The maximum absolute atomic E-state index is 12.7. The Labute approximate surface area is 128 Å². The summed E-state index contributed by atoms with van der Waals surface area (Å²) < 4.78 is 2.90. The number of ketones is 1. The fraction of sp³-hybridized carbons (Fsp3) is 0.733. The summed E-state index contributed by atoms with van der Waals surface area (Å²) in [7, 11) is 0. The number of nitrogens with zero attached hydrogens (tertiary/aromatic N) is 2. The fourth-order valence-corrected chi connectivity index (χ4v) is 4.56. The third-order valence-electron chi connectivity index (χ3n) is 5.15. The van der Waals surface area contributed by atoms with Crippen LogP contribution in [0.25, 0.3) is 0 Å². The van der Waals surface area contributed by atoms with Gasteiger partial charge in [0.1, 0.15) is 5.78 Å². The average molecular weight is 340 g/mol. The lowest BCUT2D eigenvalue weighted by atomic mass is 9.81. The Balaban J connectivity index is 1.80. The molecule has 0 saturated heterocycles. The van der Waals surface area contributed by atoms with E-state index in [1.165, 1.54) is 12.8 Å². The Hall–Kier alpha value is -0.680. The first-order chi connectivity index (χ1) is 9.52. The first-order valence-electron chi connectivity index (χ1n) is 7.53. The zero-order valence-electron chi connectivity index (χ0n) is 12.1. The summed E-state index contributed by atoms with van der Waals surface area (Å²) in [5.74, 6) is 1.48. The van der Waals surface area contributed by atoms with Gasteiger partial charge in [-0.3, -0.25) is 9.48 Å². The number of Topliss-reactive ketones (excluding diaryl/α,β-unsaturated/α-hetero) is 1. The van der Waals surface area contributed by atoms with E-state index in [1.807, 2.05) is 11.6 Å². The zero-order valence-corrected chi connectivity index (χ0v) is 13.7. The molecule has 4 unspecified atom stereocenters. The van der Waals surface area contributed by atoms with Crippen LogP contribution in [0.4, 0.5) is 0 Å². The van der Waals surface area contributed by atoms with E-state index in [9.17, 15) is 4.79 Å². The number of hydrogen-bond donors (Lipinski definition) is 1. The molecule has 0 aliphatic heterocycles. The molecule has 2 N–H and O–H groups in total. The number of hydrogen-bond acceptors (Lipinski definition) is 3. The zero-order chi connectivity index (χ0) is 14.4. The predicted molar refractivity (Wildman–Crippen MR) is 81.3 cm³/mol. The quantitative estimate of drug-likeness (QED) is 0.916. The van der Waals surface area contributed by atoms with E-state index >= 15 is 0 Å². The normalized spacial score (nSPS) is 32.0. The number of nitrogens with two attached hydrogens (primary N) is 1. The van der Waals surface area contributed by atoms with E-state index < -0.39 is 0 Å². The van der Waals surface area contributed by atoms with Crippen molar-refractivity contribution in [1.82, 2.24) is 9.78 Å². The van der Waals surface area contributed by atoms with Crippen molar-refractivity contribution in [3.05, 3.63) is 15.9 Å². The minimum Gasteiger partial charge on any atom is -0.327 e. The van der Waals surface area contributed by atoms with Crippen molar-refractivity contribution < 1.29 is 4.79 Å². The van der Waals surface area contributed by atoms with Crippen LogP contribution in [-0.4, -0.2) is 21.6 Å². The van der Waals surface area contributed by atoms with Crippen molar-refractivity contribution in [2.24, 2.45) is 23.5 Å². The molecule has 2 saturated carbocycles. The van der Waals surface area contributed by atoms with E-state index in [0.29, 0.717) is 24.0 Å². The molecule has 4 atom stereocenters. The number of aryl methyl sites for hydroxylation is 2. The van der Waals surface area contributed by atoms with Crippen LogP contribution in [0.5, 0.6) is 0 Å². The van der Waals surface area contributed by atoms with Crippen LogP contribution < -0.4 is 5.73 Å². The molecule has 110 valence electrons. The summed E-state index contributed by atoms with van der Waals surface area (Å²) in [6, 6.07) is 0.0825. The molecule has 5 heteroatoms. The van der Waals surface area contributed by atoms with Gasteiger partial charge in [0.2, 0.25) is 0 Å². The van der Waals surface area contributed by atoms with Gasteiger partial charge >= 0.3 is 0 Å². The van der Waals surface area contributed by atoms with Crippen LogP contribution >= 0.6 is 15.9 Å². The van der Waals surface area contributed by atoms with E-state index in [-0.39, 0.29) is 12.0 Å². The van der Waals surface area contributed by atoms with Gasteiger partial charge in [0.25, 0.3) is 0 Å². The predicted octanol–water partition coefficient (Wildman–Crippen LogP) is 2.46. The van der Waals surface area contributed by atoms with Crippen molar-refractivity contribution in [3.8, 4) is 0 Å². The molecule has 0 amide bonds. The molecule has 0 spiro atoms. The monoisotopic (exact) mass is 339 g/mol. The van der Waals surface area contributed by atoms with E-state index in [4.69, 9.17) is 5.73 Å². The summed E-state index contributed by atoms with van der Waals surface area (Å²) in [5, 5.41) is 4.46. The number of carbonyl (C=O) groups is 1. The third kappa shape index (κ3) is 2.15. The molecule has 20 heavy (non-hydrogen) atoms.